The van der Waals surface area contributed by atoms with E-state index < -0.39 is 0 Å². The summed E-state index contributed by atoms with van der Waals surface area (Å²) < 4.78 is 0. The Bertz CT molecular complexity index is 392. The number of anilines is 3. The SMILES string of the molecule is Nc1nc2c(N)ccc(N)c2[nH]1. The number of nitrogen functional groups attached to an aromatic ring is 3. The van der Waals surface area contributed by atoms with E-state index >= 15 is 0 Å². The zero-order chi connectivity index (χ0) is 8.72. The maximum absolute atomic E-state index is 5.66. The molecule has 0 aliphatic heterocycles. The number of aromatic nitrogens is 2. The highest BCUT2D eigenvalue weighted by molar-refractivity contribution is 5.96. The Labute approximate surface area is 68.6 Å². The number of nitrogens with one attached hydrogen (secondary N) is 1. The summed E-state index contributed by atoms with van der Waals surface area (Å²) in [5, 5.41) is 0. The van der Waals surface area contributed by atoms with Crippen LogP contribution in [0.5, 0.6) is 0 Å². The van der Waals surface area contributed by atoms with E-state index in [4.69, 9.17) is 17.2 Å². The standard InChI is InChI=1S/C7H9N5/c8-3-1-2-4(9)6-5(3)11-7(10)12-6/h1-2H,8-9H2,(H3,10,11,12). The Morgan fingerprint density at radius 2 is 1.75 bits per heavy atom. The molecule has 0 spiro atoms. The highest BCUT2D eigenvalue weighted by atomic mass is 15.0. The quantitative estimate of drug-likeness (QED) is 0.419. The molecule has 5 nitrogen and oxygen atoms in total. The summed E-state index contributed by atoms with van der Waals surface area (Å²) in [5.74, 6) is 0.328. The molecule has 1 aromatic carbocycles. The fourth-order valence-corrected chi connectivity index (χ4v) is 1.15. The summed E-state index contributed by atoms with van der Waals surface area (Å²) >= 11 is 0. The summed E-state index contributed by atoms with van der Waals surface area (Å²) in [6, 6.07) is 3.42. The van der Waals surface area contributed by atoms with Gasteiger partial charge in [-0.1, -0.05) is 0 Å². The van der Waals surface area contributed by atoms with Gasteiger partial charge in [-0.25, -0.2) is 4.98 Å². The first-order valence-corrected chi connectivity index (χ1v) is 3.47. The number of hydrogen-bond acceptors (Lipinski definition) is 4. The molecule has 0 saturated carbocycles. The van der Waals surface area contributed by atoms with Gasteiger partial charge < -0.3 is 22.2 Å². The second kappa shape index (κ2) is 2.04. The molecule has 1 heterocycles. The summed E-state index contributed by atoms with van der Waals surface area (Å²) in [7, 11) is 0. The lowest BCUT2D eigenvalue weighted by Crippen LogP contribution is -1.90. The lowest BCUT2D eigenvalue weighted by molar-refractivity contribution is 1.35. The van der Waals surface area contributed by atoms with Gasteiger partial charge in [0.15, 0.2) is 5.95 Å². The van der Waals surface area contributed by atoms with Crippen molar-refractivity contribution in [2.24, 2.45) is 0 Å². The summed E-state index contributed by atoms with van der Waals surface area (Å²) in [4.78, 5) is 6.82. The summed E-state index contributed by atoms with van der Waals surface area (Å²) in [5.41, 5.74) is 19.3. The van der Waals surface area contributed by atoms with Gasteiger partial charge in [0.05, 0.1) is 16.9 Å². The number of H-pyrrole nitrogens is 1. The number of nitrogens with zero attached hydrogens (tertiary/aromatic N) is 1. The van der Waals surface area contributed by atoms with Crippen molar-refractivity contribution in [3.63, 3.8) is 0 Å². The van der Waals surface area contributed by atoms with E-state index in [9.17, 15) is 0 Å². The molecular weight excluding hydrogens is 154 g/mol. The van der Waals surface area contributed by atoms with Crippen LogP contribution < -0.4 is 17.2 Å². The second-order valence-corrected chi connectivity index (χ2v) is 2.59. The summed E-state index contributed by atoms with van der Waals surface area (Å²) in [6.07, 6.45) is 0. The number of rotatable bonds is 0. The van der Waals surface area contributed by atoms with E-state index in [1.54, 1.807) is 12.1 Å². The third-order valence-electron chi connectivity index (χ3n) is 1.73. The Hall–Kier alpha value is -1.91. The third-order valence-corrected chi connectivity index (χ3v) is 1.73. The normalized spacial score (nSPS) is 10.7. The molecule has 0 unspecified atom stereocenters. The topological polar surface area (TPSA) is 107 Å². The molecule has 2 rings (SSSR count). The summed E-state index contributed by atoms with van der Waals surface area (Å²) in [6.45, 7) is 0. The smallest absolute Gasteiger partial charge is 0.198 e. The molecule has 0 amide bonds. The lowest BCUT2D eigenvalue weighted by atomic mass is 10.2. The van der Waals surface area contributed by atoms with E-state index in [1.165, 1.54) is 0 Å². The van der Waals surface area contributed by atoms with Gasteiger partial charge in [0.1, 0.15) is 5.52 Å². The van der Waals surface area contributed by atoms with E-state index in [0.717, 1.165) is 0 Å². The molecule has 1 aromatic heterocycles. The fourth-order valence-electron chi connectivity index (χ4n) is 1.15. The number of fused-ring (bicyclic) bond motifs is 1. The van der Waals surface area contributed by atoms with Gasteiger partial charge in [0.25, 0.3) is 0 Å². The molecule has 0 aliphatic carbocycles. The minimum atomic E-state index is 0.328. The number of aromatic amines is 1. The van der Waals surface area contributed by atoms with Gasteiger partial charge in [-0.05, 0) is 12.1 Å². The Balaban J connectivity index is 2.93. The van der Waals surface area contributed by atoms with Crippen LogP contribution in [0, 0.1) is 0 Å². The minimum absolute atomic E-state index is 0.328. The van der Waals surface area contributed by atoms with Crippen molar-refractivity contribution >= 4 is 28.4 Å². The van der Waals surface area contributed by atoms with E-state index in [2.05, 4.69) is 9.97 Å². The van der Waals surface area contributed by atoms with Gasteiger partial charge in [-0.15, -0.1) is 0 Å². The van der Waals surface area contributed by atoms with Crippen LogP contribution in [0.4, 0.5) is 17.3 Å². The molecule has 62 valence electrons. The molecule has 0 aliphatic rings. The minimum Gasteiger partial charge on any atom is -0.397 e. The molecular formula is C7H9N5. The monoisotopic (exact) mass is 163 g/mol. The van der Waals surface area contributed by atoms with Crippen molar-refractivity contribution in [3.05, 3.63) is 12.1 Å². The molecule has 5 heteroatoms. The molecule has 12 heavy (non-hydrogen) atoms. The maximum atomic E-state index is 5.66. The molecule has 0 radical (unpaired) electrons. The predicted molar refractivity (Wildman–Crippen MR) is 49.3 cm³/mol. The van der Waals surface area contributed by atoms with Gasteiger partial charge in [0, 0.05) is 0 Å². The predicted octanol–water partition coefficient (Wildman–Crippen LogP) is 0.310. The number of hydrogen-bond donors (Lipinski definition) is 4. The van der Waals surface area contributed by atoms with Crippen LogP contribution in [0.1, 0.15) is 0 Å². The van der Waals surface area contributed by atoms with Crippen molar-refractivity contribution in [3.8, 4) is 0 Å². The third kappa shape index (κ3) is 0.763. The first kappa shape index (κ1) is 6.78. The van der Waals surface area contributed by atoms with Crippen molar-refractivity contribution in [1.82, 2.24) is 9.97 Å². The average Bonchev–Trinajstić information content (AvgIpc) is 2.41. The van der Waals surface area contributed by atoms with Crippen LogP contribution in [0.2, 0.25) is 0 Å². The van der Waals surface area contributed by atoms with Crippen LogP contribution in [-0.4, -0.2) is 9.97 Å². The van der Waals surface area contributed by atoms with Crippen LogP contribution in [0.15, 0.2) is 12.1 Å². The molecule has 0 atom stereocenters. The van der Waals surface area contributed by atoms with Crippen LogP contribution in [-0.2, 0) is 0 Å². The molecule has 0 saturated heterocycles. The Morgan fingerprint density at radius 3 is 2.42 bits per heavy atom. The van der Waals surface area contributed by atoms with Crippen molar-refractivity contribution in [1.29, 1.82) is 0 Å². The zero-order valence-corrected chi connectivity index (χ0v) is 6.33. The second-order valence-electron chi connectivity index (χ2n) is 2.59. The largest absolute Gasteiger partial charge is 0.397 e. The van der Waals surface area contributed by atoms with Crippen LogP contribution >= 0.6 is 0 Å². The molecule has 0 fully saturated rings. The van der Waals surface area contributed by atoms with E-state index in [0.29, 0.717) is 28.4 Å². The molecule has 2 aromatic rings. The highest BCUT2D eigenvalue weighted by Crippen LogP contribution is 2.24. The van der Waals surface area contributed by atoms with Gasteiger partial charge in [0.2, 0.25) is 0 Å². The van der Waals surface area contributed by atoms with E-state index in [-0.39, 0.29) is 0 Å². The van der Waals surface area contributed by atoms with Gasteiger partial charge >= 0.3 is 0 Å². The zero-order valence-electron chi connectivity index (χ0n) is 6.33. The van der Waals surface area contributed by atoms with Crippen molar-refractivity contribution in [2.45, 2.75) is 0 Å². The molecule has 0 bridgehead atoms. The van der Waals surface area contributed by atoms with Crippen LogP contribution in [0.25, 0.3) is 11.0 Å². The maximum Gasteiger partial charge on any atom is 0.198 e. The molecule has 7 N–H and O–H groups in total. The average molecular weight is 163 g/mol. The first-order valence-electron chi connectivity index (χ1n) is 3.47. The van der Waals surface area contributed by atoms with Crippen LogP contribution in [0.3, 0.4) is 0 Å². The fraction of sp³-hybridized carbons (Fsp3) is 0. The Morgan fingerprint density at radius 1 is 1.08 bits per heavy atom. The highest BCUT2D eigenvalue weighted by Gasteiger charge is 2.05. The van der Waals surface area contributed by atoms with Crippen molar-refractivity contribution < 1.29 is 0 Å². The lowest BCUT2D eigenvalue weighted by Gasteiger charge is -1.96. The number of nitrogens with two attached hydrogens (primary N) is 3. The first-order chi connectivity index (χ1) is 5.68. The number of benzene rings is 1. The van der Waals surface area contributed by atoms with E-state index in [1.807, 2.05) is 0 Å². The van der Waals surface area contributed by atoms with Gasteiger partial charge in [-0.2, -0.15) is 0 Å². The number of imidazole rings is 1. The van der Waals surface area contributed by atoms with Gasteiger partial charge in [-0.3, -0.25) is 0 Å². The Kier molecular flexibility index (Phi) is 1.15. The van der Waals surface area contributed by atoms with Crippen molar-refractivity contribution in [2.75, 3.05) is 17.2 Å².